The van der Waals surface area contributed by atoms with Crippen LogP contribution in [-0.2, 0) is 7.05 Å². The number of nitrogens with zero attached hydrogens (tertiary/aromatic N) is 1. The van der Waals surface area contributed by atoms with E-state index in [4.69, 9.17) is 27.9 Å². The summed E-state index contributed by atoms with van der Waals surface area (Å²) in [6.45, 7) is 3.75. The van der Waals surface area contributed by atoms with Crippen molar-refractivity contribution in [1.82, 2.24) is 9.55 Å². The van der Waals surface area contributed by atoms with Gasteiger partial charge < -0.3 is 9.72 Å². The molecule has 0 amide bonds. The Hall–Kier alpha value is -1.72. The number of imidazole rings is 1. The van der Waals surface area contributed by atoms with Crippen LogP contribution in [0.4, 0.5) is 0 Å². The van der Waals surface area contributed by atoms with Crippen LogP contribution in [0.15, 0.2) is 23.0 Å². The average molecular weight is 329 g/mol. The van der Waals surface area contributed by atoms with Gasteiger partial charge in [0, 0.05) is 17.1 Å². The molecule has 0 saturated carbocycles. The summed E-state index contributed by atoms with van der Waals surface area (Å²) in [5, 5.41) is 0.717. The molecule has 112 valence electrons. The highest BCUT2D eigenvalue weighted by Crippen LogP contribution is 2.25. The summed E-state index contributed by atoms with van der Waals surface area (Å²) in [6.07, 6.45) is 0. The lowest BCUT2D eigenvalue weighted by molar-refractivity contribution is 0.0722. The van der Waals surface area contributed by atoms with E-state index in [1.54, 1.807) is 0 Å². The summed E-state index contributed by atoms with van der Waals surface area (Å²) in [7, 11) is 1.51. The molecule has 2 aromatic rings. The van der Waals surface area contributed by atoms with Gasteiger partial charge in [-0.15, -0.1) is 0 Å². The van der Waals surface area contributed by atoms with Crippen LogP contribution in [0.3, 0.4) is 0 Å². The van der Waals surface area contributed by atoms with Gasteiger partial charge in [0.1, 0.15) is 5.75 Å². The number of carbonyl (C=O) groups is 1. The minimum atomic E-state index is -0.641. The lowest BCUT2D eigenvalue weighted by atomic mass is 10.1. The standard InChI is InChI=1S/C14H14Cl2N2O3/c1-7(2)11-12(18(3)14(20)17-11)13(19)21-10-5-8(15)4-9(16)6-10/h4-7H,1-3H3,(H,17,20). The monoisotopic (exact) mass is 328 g/mol. The lowest BCUT2D eigenvalue weighted by Crippen LogP contribution is -2.20. The van der Waals surface area contributed by atoms with Gasteiger partial charge in [0.05, 0.1) is 5.69 Å². The predicted octanol–water partition coefficient (Wildman–Crippen LogP) is 3.36. The molecule has 1 N–H and O–H groups in total. The molecule has 0 fully saturated rings. The largest absolute Gasteiger partial charge is 0.422 e. The van der Waals surface area contributed by atoms with Crippen LogP contribution < -0.4 is 10.4 Å². The molecule has 0 bridgehead atoms. The van der Waals surface area contributed by atoms with Crippen LogP contribution in [0.5, 0.6) is 5.75 Å². The van der Waals surface area contributed by atoms with Gasteiger partial charge in [0.25, 0.3) is 0 Å². The molecule has 1 heterocycles. The third-order valence-corrected chi connectivity index (χ3v) is 3.39. The Balaban J connectivity index is 2.39. The molecule has 21 heavy (non-hydrogen) atoms. The van der Waals surface area contributed by atoms with Gasteiger partial charge in [-0.2, -0.15) is 0 Å². The SMILES string of the molecule is CC(C)c1[nH]c(=O)n(C)c1C(=O)Oc1cc(Cl)cc(Cl)c1. The maximum atomic E-state index is 12.3. The van der Waals surface area contributed by atoms with Crippen molar-refractivity contribution >= 4 is 29.2 Å². The first-order valence-electron chi connectivity index (χ1n) is 6.26. The van der Waals surface area contributed by atoms with Gasteiger partial charge in [0.15, 0.2) is 5.69 Å². The predicted molar refractivity (Wildman–Crippen MR) is 81.5 cm³/mol. The van der Waals surface area contributed by atoms with E-state index < -0.39 is 5.97 Å². The van der Waals surface area contributed by atoms with Gasteiger partial charge >= 0.3 is 11.7 Å². The molecule has 0 aliphatic carbocycles. The van der Waals surface area contributed by atoms with Gasteiger partial charge in [-0.3, -0.25) is 4.57 Å². The average Bonchev–Trinajstić information content (AvgIpc) is 2.64. The zero-order chi connectivity index (χ0) is 15.7. The summed E-state index contributed by atoms with van der Waals surface area (Å²) in [6, 6.07) is 4.49. The van der Waals surface area contributed by atoms with E-state index in [-0.39, 0.29) is 23.1 Å². The first kappa shape index (κ1) is 15.7. The van der Waals surface area contributed by atoms with Gasteiger partial charge in [-0.05, 0) is 24.1 Å². The second-order valence-corrected chi connectivity index (χ2v) is 5.77. The van der Waals surface area contributed by atoms with E-state index in [2.05, 4.69) is 4.98 Å². The maximum absolute atomic E-state index is 12.3. The molecule has 0 atom stereocenters. The zero-order valence-corrected chi connectivity index (χ0v) is 13.2. The van der Waals surface area contributed by atoms with E-state index >= 15 is 0 Å². The number of esters is 1. The van der Waals surface area contributed by atoms with Crippen molar-refractivity contribution in [3.63, 3.8) is 0 Å². The number of halogens is 2. The van der Waals surface area contributed by atoms with Crippen LogP contribution >= 0.6 is 23.2 Å². The third-order valence-electron chi connectivity index (χ3n) is 2.95. The van der Waals surface area contributed by atoms with Crippen molar-refractivity contribution < 1.29 is 9.53 Å². The van der Waals surface area contributed by atoms with E-state index in [0.29, 0.717) is 15.7 Å². The van der Waals surface area contributed by atoms with E-state index in [1.165, 1.54) is 29.8 Å². The molecule has 0 radical (unpaired) electrons. The summed E-state index contributed by atoms with van der Waals surface area (Å²) in [4.78, 5) is 26.7. The number of aromatic amines is 1. The minimum absolute atomic E-state index is 0.0237. The second-order valence-electron chi connectivity index (χ2n) is 4.90. The Bertz CT molecular complexity index is 727. The number of nitrogens with one attached hydrogen (secondary N) is 1. The number of ether oxygens (including phenoxy) is 1. The number of aromatic nitrogens is 2. The van der Waals surface area contributed by atoms with Crippen molar-refractivity contribution in [2.24, 2.45) is 7.05 Å². The number of carbonyl (C=O) groups excluding carboxylic acids is 1. The molecule has 0 unspecified atom stereocenters. The lowest BCUT2D eigenvalue weighted by Gasteiger charge is -2.09. The molecule has 1 aromatic heterocycles. The Kier molecular flexibility index (Phi) is 4.44. The Morgan fingerprint density at radius 2 is 1.81 bits per heavy atom. The van der Waals surface area contributed by atoms with Crippen LogP contribution in [0.25, 0.3) is 0 Å². The second kappa shape index (κ2) is 5.95. The first-order chi connectivity index (χ1) is 9.79. The molecule has 7 heteroatoms. The molecule has 1 aromatic carbocycles. The Labute approximate surface area is 131 Å². The van der Waals surface area contributed by atoms with Crippen molar-refractivity contribution in [2.45, 2.75) is 19.8 Å². The summed E-state index contributed by atoms with van der Waals surface area (Å²) in [5.74, 6) is -0.442. The molecule has 0 spiro atoms. The molecule has 2 rings (SSSR count). The van der Waals surface area contributed by atoms with E-state index in [9.17, 15) is 9.59 Å². The highest BCUT2D eigenvalue weighted by Gasteiger charge is 2.22. The third kappa shape index (κ3) is 3.31. The fourth-order valence-corrected chi connectivity index (χ4v) is 2.45. The number of H-pyrrole nitrogens is 1. The zero-order valence-electron chi connectivity index (χ0n) is 11.7. The summed E-state index contributed by atoms with van der Waals surface area (Å²) >= 11 is 11.7. The van der Waals surface area contributed by atoms with Crippen molar-refractivity contribution in [1.29, 1.82) is 0 Å². The minimum Gasteiger partial charge on any atom is -0.422 e. The van der Waals surface area contributed by atoms with E-state index in [0.717, 1.165) is 0 Å². The molecule has 0 aliphatic heterocycles. The summed E-state index contributed by atoms with van der Waals surface area (Å²) in [5.41, 5.74) is 0.349. The molecular formula is C14H14Cl2N2O3. The van der Waals surface area contributed by atoms with Gasteiger partial charge in [0.2, 0.25) is 0 Å². The number of hydrogen-bond donors (Lipinski definition) is 1. The number of hydrogen-bond acceptors (Lipinski definition) is 3. The summed E-state index contributed by atoms with van der Waals surface area (Å²) < 4.78 is 6.49. The fourth-order valence-electron chi connectivity index (χ4n) is 1.95. The smallest absolute Gasteiger partial charge is 0.362 e. The van der Waals surface area contributed by atoms with Crippen molar-refractivity contribution in [3.8, 4) is 5.75 Å². The molecule has 0 aliphatic rings. The highest BCUT2D eigenvalue weighted by molar-refractivity contribution is 6.34. The van der Waals surface area contributed by atoms with Crippen LogP contribution in [0, 0.1) is 0 Å². The topological polar surface area (TPSA) is 64.1 Å². The van der Waals surface area contributed by atoms with Crippen LogP contribution in [0.1, 0.15) is 35.9 Å². The quantitative estimate of drug-likeness (QED) is 0.694. The van der Waals surface area contributed by atoms with E-state index in [1.807, 2.05) is 13.8 Å². The maximum Gasteiger partial charge on any atom is 0.362 e. The molecule has 5 nitrogen and oxygen atoms in total. The normalized spacial score (nSPS) is 11.0. The van der Waals surface area contributed by atoms with Gasteiger partial charge in [-0.25, -0.2) is 9.59 Å². The van der Waals surface area contributed by atoms with Crippen LogP contribution in [0.2, 0.25) is 10.0 Å². The fraction of sp³-hybridized carbons (Fsp3) is 0.286. The van der Waals surface area contributed by atoms with Gasteiger partial charge in [-0.1, -0.05) is 37.0 Å². The van der Waals surface area contributed by atoms with Crippen molar-refractivity contribution in [3.05, 3.63) is 50.1 Å². The number of benzene rings is 1. The van der Waals surface area contributed by atoms with Crippen molar-refractivity contribution in [2.75, 3.05) is 0 Å². The van der Waals surface area contributed by atoms with Crippen LogP contribution in [-0.4, -0.2) is 15.5 Å². The Morgan fingerprint density at radius 3 is 2.33 bits per heavy atom. The highest BCUT2D eigenvalue weighted by atomic mass is 35.5. The molecule has 0 saturated heterocycles. The molecular weight excluding hydrogens is 315 g/mol. The Morgan fingerprint density at radius 1 is 1.24 bits per heavy atom. The number of rotatable bonds is 3. The first-order valence-corrected chi connectivity index (χ1v) is 7.02.